The van der Waals surface area contributed by atoms with Crippen molar-refractivity contribution in [3.8, 4) is 11.5 Å². The van der Waals surface area contributed by atoms with Crippen molar-refractivity contribution in [3.05, 3.63) is 58.7 Å². The smallest absolute Gasteiger partial charge is 0.344 e. The summed E-state index contributed by atoms with van der Waals surface area (Å²) in [4.78, 5) is 24.7. The summed E-state index contributed by atoms with van der Waals surface area (Å²) in [5.41, 5.74) is 3.81. The van der Waals surface area contributed by atoms with Crippen LogP contribution < -0.4 is 9.47 Å². The molecule has 2 aromatic rings. The van der Waals surface area contributed by atoms with E-state index in [2.05, 4.69) is 6.92 Å². The molecule has 1 unspecified atom stereocenters. The van der Waals surface area contributed by atoms with Gasteiger partial charge in [-0.25, -0.2) is 4.79 Å². The molecule has 0 saturated heterocycles. The summed E-state index contributed by atoms with van der Waals surface area (Å²) in [5, 5.41) is 0. The van der Waals surface area contributed by atoms with E-state index in [1.54, 1.807) is 12.1 Å². The van der Waals surface area contributed by atoms with Crippen LogP contribution in [0.5, 0.6) is 11.5 Å². The fraction of sp³-hybridized carbons (Fsp3) is 0.611. The van der Waals surface area contributed by atoms with E-state index in [0.29, 0.717) is 18.1 Å². The van der Waals surface area contributed by atoms with Gasteiger partial charge in [0.15, 0.2) is 6.61 Å². The van der Waals surface area contributed by atoms with Gasteiger partial charge < -0.3 is 14.2 Å². The molecule has 0 aliphatic carbocycles. The number of carbonyl (C=O) groups excluding carboxylic acids is 2. The van der Waals surface area contributed by atoms with Gasteiger partial charge in [-0.15, -0.1) is 0 Å². The Hall–Kier alpha value is -2.82. The topological polar surface area (TPSA) is 61.8 Å². The Morgan fingerprint density at radius 2 is 1.29 bits per heavy atom. The second-order valence-corrected chi connectivity index (χ2v) is 11.7. The van der Waals surface area contributed by atoms with Crippen molar-refractivity contribution in [3.63, 3.8) is 0 Å². The number of hydrogen-bond donors (Lipinski definition) is 0. The average Bonchev–Trinajstić information content (AvgIpc) is 3.29. The molecule has 3 rings (SSSR count). The van der Waals surface area contributed by atoms with Crippen LogP contribution in [0, 0.1) is 13.8 Å². The van der Waals surface area contributed by atoms with Gasteiger partial charge in [-0.2, -0.15) is 0 Å². The number of benzene rings is 2. The molecule has 1 aliphatic heterocycles. The molecule has 1 atom stereocenters. The minimum atomic E-state index is -0.442. The summed E-state index contributed by atoms with van der Waals surface area (Å²) in [6.07, 6.45) is 21.1. The number of ether oxygens (including phenoxy) is 3. The summed E-state index contributed by atoms with van der Waals surface area (Å²) in [7, 11) is 0. The number of carbonyl (C=O) groups is 2. The van der Waals surface area contributed by atoms with E-state index in [1.165, 1.54) is 89.9 Å². The molecule has 0 N–H and O–H groups in total. The van der Waals surface area contributed by atoms with Gasteiger partial charge in [0.2, 0.25) is 0 Å². The molecule has 1 heterocycles. The third-order valence-electron chi connectivity index (χ3n) is 8.03. The Labute approximate surface area is 248 Å². The lowest BCUT2D eigenvalue weighted by atomic mass is 9.90. The van der Waals surface area contributed by atoms with Crippen molar-refractivity contribution in [1.82, 2.24) is 0 Å². The molecule has 5 heteroatoms. The van der Waals surface area contributed by atoms with Crippen molar-refractivity contribution in [2.75, 3.05) is 13.2 Å². The van der Waals surface area contributed by atoms with Crippen LogP contribution in [0.4, 0.5) is 0 Å². The van der Waals surface area contributed by atoms with E-state index in [9.17, 15) is 9.59 Å². The fourth-order valence-electron chi connectivity index (χ4n) is 5.72. The van der Waals surface area contributed by atoms with Crippen LogP contribution in [-0.2, 0) is 14.3 Å². The molecule has 226 valence electrons. The molecule has 0 bridgehead atoms. The molecule has 5 nitrogen and oxygen atoms in total. The maximum atomic E-state index is 12.6. The van der Waals surface area contributed by atoms with Crippen LogP contribution in [0.1, 0.15) is 138 Å². The summed E-state index contributed by atoms with van der Waals surface area (Å²) in [5.74, 6) is 0.176. The second-order valence-electron chi connectivity index (χ2n) is 11.7. The molecule has 1 aliphatic rings. The normalized spacial score (nSPS) is 14.1. The van der Waals surface area contributed by atoms with Crippen LogP contribution in [0.2, 0.25) is 0 Å². The Balaban J connectivity index is 1.18. The van der Waals surface area contributed by atoms with E-state index in [4.69, 9.17) is 14.2 Å². The number of fused-ring (bicyclic) bond motifs is 1. The van der Waals surface area contributed by atoms with Crippen molar-refractivity contribution in [1.29, 1.82) is 0 Å². The van der Waals surface area contributed by atoms with E-state index >= 15 is 0 Å². The molecule has 2 aromatic carbocycles. The summed E-state index contributed by atoms with van der Waals surface area (Å²) in [6, 6.07) is 11.3. The van der Waals surface area contributed by atoms with E-state index < -0.39 is 5.92 Å². The number of unbranched alkanes of at least 4 members (excludes halogenated alkanes) is 15. The Morgan fingerprint density at radius 1 is 0.756 bits per heavy atom. The van der Waals surface area contributed by atoms with Gasteiger partial charge in [-0.05, 0) is 43.5 Å². The van der Waals surface area contributed by atoms with E-state index in [-0.39, 0.29) is 18.5 Å². The summed E-state index contributed by atoms with van der Waals surface area (Å²) >= 11 is 0. The van der Waals surface area contributed by atoms with Crippen LogP contribution in [0.25, 0.3) is 0 Å². The first-order valence-electron chi connectivity index (χ1n) is 16.2. The first-order chi connectivity index (χ1) is 20.0. The largest absolute Gasteiger partial charge is 0.482 e. The zero-order valence-corrected chi connectivity index (χ0v) is 25.8. The Morgan fingerprint density at radius 3 is 1.85 bits per heavy atom. The quantitative estimate of drug-likeness (QED) is 0.0858. The first-order valence-corrected chi connectivity index (χ1v) is 16.2. The number of hydrogen-bond acceptors (Lipinski definition) is 5. The van der Waals surface area contributed by atoms with Gasteiger partial charge in [0, 0.05) is 5.56 Å². The lowest BCUT2D eigenvalue weighted by molar-refractivity contribution is -0.146. The predicted molar refractivity (Wildman–Crippen MR) is 166 cm³/mol. The minimum absolute atomic E-state index is 0.120. The van der Waals surface area contributed by atoms with Gasteiger partial charge >= 0.3 is 11.9 Å². The monoisotopic (exact) mass is 564 g/mol. The van der Waals surface area contributed by atoms with Crippen molar-refractivity contribution in [2.45, 2.75) is 129 Å². The molecular formula is C36H52O5. The van der Waals surface area contributed by atoms with Gasteiger partial charge in [-0.3, -0.25) is 4.79 Å². The van der Waals surface area contributed by atoms with E-state index in [1.807, 2.05) is 38.1 Å². The average molecular weight is 565 g/mol. The predicted octanol–water partition coefficient (Wildman–Crippen LogP) is 9.54. The highest BCUT2D eigenvalue weighted by Gasteiger charge is 2.35. The van der Waals surface area contributed by atoms with Crippen LogP contribution in [0.3, 0.4) is 0 Å². The Bertz CT molecular complexity index is 1060. The molecule has 41 heavy (non-hydrogen) atoms. The minimum Gasteiger partial charge on any atom is -0.482 e. The SMILES string of the molecule is CCCCCCCCCCCCCCCCCCOC(=O)COc1ccc(C2C(=O)Oc3c(C)cc(C)cc32)cc1. The Kier molecular flexibility index (Phi) is 14.8. The molecule has 0 spiro atoms. The zero-order chi connectivity index (χ0) is 29.3. The highest BCUT2D eigenvalue weighted by molar-refractivity contribution is 5.90. The van der Waals surface area contributed by atoms with Gasteiger partial charge in [0.25, 0.3) is 0 Å². The van der Waals surface area contributed by atoms with Crippen LogP contribution >= 0.6 is 0 Å². The second kappa shape index (κ2) is 18.6. The third kappa shape index (κ3) is 11.5. The first kappa shape index (κ1) is 32.7. The maximum absolute atomic E-state index is 12.6. The van der Waals surface area contributed by atoms with Crippen molar-refractivity contribution >= 4 is 11.9 Å². The molecule has 0 radical (unpaired) electrons. The molecule has 0 fully saturated rings. The zero-order valence-electron chi connectivity index (χ0n) is 25.8. The van der Waals surface area contributed by atoms with Crippen LogP contribution in [-0.4, -0.2) is 25.2 Å². The molecule has 0 amide bonds. The standard InChI is InChI=1S/C36H52O5/c1-4-5-6-7-8-9-10-11-12-13-14-15-16-17-18-19-24-39-33(37)27-40-31-22-20-30(21-23-31)34-32-26-28(2)25-29(3)35(32)41-36(34)38/h20-23,25-26,34H,4-19,24,27H2,1-3H3. The number of esters is 2. The summed E-state index contributed by atoms with van der Waals surface area (Å²) in [6.45, 7) is 6.57. The molecule has 0 saturated carbocycles. The number of aryl methyl sites for hydroxylation is 2. The van der Waals surface area contributed by atoms with Crippen molar-refractivity contribution < 1.29 is 23.8 Å². The maximum Gasteiger partial charge on any atom is 0.344 e. The molecule has 0 aromatic heterocycles. The van der Waals surface area contributed by atoms with Gasteiger partial charge in [0.1, 0.15) is 17.4 Å². The van der Waals surface area contributed by atoms with Crippen molar-refractivity contribution in [2.24, 2.45) is 0 Å². The van der Waals surface area contributed by atoms with Crippen LogP contribution in [0.15, 0.2) is 36.4 Å². The lowest BCUT2D eigenvalue weighted by Crippen LogP contribution is -2.15. The number of rotatable bonds is 21. The van der Waals surface area contributed by atoms with Gasteiger partial charge in [-0.1, -0.05) is 133 Å². The highest BCUT2D eigenvalue weighted by atomic mass is 16.6. The van der Waals surface area contributed by atoms with Gasteiger partial charge in [0.05, 0.1) is 6.61 Å². The summed E-state index contributed by atoms with van der Waals surface area (Å²) < 4.78 is 16.5. The van der Waals surface area contributed by atoms with E-state index in [0.717, 1.165) is 35.1 Å². The molecular weight excluding hydrogens is 512 g/mol. The lowest BCUT2D eigenvalue weighted by Gasteiger charge is -2.11. The fourth-order valence-corrected chi connectivity index (χ4v) is 5.72. The highest BCUT2D eigenvalue weighted by Crippen LogP contribution is 2.42. The third-order valence-corrected chi connectivity index (χ3v) is 8.03.